The quantitative estimate of drug-likeness (QED) is 0.582. The van der Waals surface area contributed by atoms with Crippen molar-refractivity contribution in [3.05, 3.63) is 35.5 Å². The lowest BCUT2D eigenvalue weighted by Crippen LogP contribution is -2.32. The van der Waals surface area contributed by atoms with E-state index in [0.717, 1.165) is 18.4 Å². The summed E-state index contributed by atoms with van der Waals surface area (Å²) in [5, 5.41) is 19.2. The van der Waals surface area contributed by atoms with Crippen molar-refractivity contribution >= 4 is 5.97 Å². The lowest BCUT2D eigenvalue weighted by Gasteiger charge is -2.33. The minimum absolute atomic E-state index is 0.342. The number of aliphatic carboxylic acids is 1. The highest BCUT2D eigenvalue weighted by Crippen LogP contribution is 2.34. The van der Waals surface area contributed by atoms with Crippen LogP contribution in [0.3, 0.4) is 0 Å². The minimum atomic E-state index is -0.893. The van der Waals surface area contributed by atoms with Crippen molar-refractivity contribution in [3.8, 4) is 0 Å². The molecule has 1 aliphatic rings. The van der Waals surface area contributed by atoms with E-state index in [1.165, 1.54) is 5.57 Å². The highest BCUT2D eigenvalue weighted by Gasteiger charge is 2.30. The molecule has 0 amide bonds. The fourth-order valence-electron chi connectivity index (χ4n) is 2.06. The van der Waals surface area contributed by atoms with Crippen molar-refractivity contribution in [3.63, 3.8) is 0 Å². The Morgan fingerprint density at radius 3 is 2.78 bits per heavy atom. The first-order chi connectivity index (χ1) is 8.35. The lowest BCUT2D eigenvalue weighted by atomic mass is 9.79. The highest BCUT2D eigenvalue weighted by molar-refractivity contribution is 5.85. The fourth-order valence-corrected chi connectivity index (χ4v) is 2.06. The minimum Gasteiger partial charge on any atom is -0.478 e. The third-order valence-electron chi connectivity index (χ3n) is 3.61. The van der Waals surface area contributed by atoms with Crippen molar-refractivity contribution < 1.29 is 15.0 Å². The smallest absolute Gasteiger partial charge is 0.330 e. The van der Waals surface area contributed by atoms with Gasteiger partial charge in [-0.2, -0.15) is 0 Å². The number of carboxylic acid groups (broad SMARTS) is 1. The molecule has 0 aromatic carbocycles. The van der Waals surface area contributed by atoms with Gasteiger partial charge in [0.15, 0.2) is 0 Å². The lowest BCUT2D eigenvalue weighted by molar-refractivity contribution is -0.132. The predicted molar refractivity (Wildman–Crippen MR) is 72.3 cm³/mol. The van der Waals surface area contributed by atoms with E-state index in [2.05, 4.69) is 19.6 Å². The maximum Gasteiger partial charge on any atom is 0.330 e. The number of carbonyl (C=O) groups is 1. The summed E-state index contributed by atoms with van der Waals surface area (Å²) in [5.41, 5.74) is 1.66. The Labute approximate surface area is 109 Å². The van der Waals surface area contributed by atoms with Crippen LogP contribution in [0.4, 0.5) is 0 Å². The van der Waals surface area contributed by atoms with Gasteiger partial charge in [-0.25, -0.2) is 4.79 Å². The van der Waals surface area contributed by atoms with Crippen LogP contribution in [-0.4, -0.2) is 21.8 Å². The van der Waals surface area contributed by atoms with E-state index in [1.807, 2.05) is 0 Å². The predicted octanol–water partition coefficient (Wildman–Crippen LogP) is 3.22. The summed E-state index contributed by atoms with van der Waals surface area (Å²) in [5.74, 6) is -0.893. The zero-order valence-electron chi connectivity index (χ0n) is 11.2. The fraction of sp³-hybridized carbons (Fsp3) is 0.533. The van der Waals surface area contributed by atoms with Gasteiger partial charge in [0.2, 0.25) is 0 Å². The topological polar surface area (TPSA) is 57.5 Å². The molecule has 1 rings (SSSR count). The molecular formula is C15H22O3. The summed E-state index contributed by atoms with van der Waals surface area (Å²) >= 11 is 0. The molecule has 1 atom stereocenters. The van der Waals surface area contributed by atoms with Gasteiger partial charge in [0.05, 0.1) is 5.60 Å². The Balaban J connectivity index is 2.51. The van der Waals surface area contributed by atoms with E-state index in [9.17, 15) is 9.90 Å². The molecule has 100 valence electrons. The molecule has 0 fully saturated rings. The molecule has 2 N–H and O–H groups in total. The second-order valence-corrected chi connectivity index (χ2v) is 5.12. The Kier molecular flexibility index (Phi) is 4.91. The van der Waals surface area contributed by atoms with Crippen LogP contribution in [0.5, 0.6) is 0 Å². The summed E-state index contributed by atoms with van der Waals surface area (Å²) in [6.45, 7) is 7.61. The first-order valence-electron chi connectivity index (χ1n) is 6.31. The summed E-state index contributed by atoms with van der Waals surface area (Å²) in [4.78, 5) is 10.6. The van der Waals surface area contributed by atoms with E-state index < -0.39 is 11.6 Å². The Morgan fingerprint density at radius 1 is 1.61 bits per heavy atom. The summed E-state index contributed by atoms with van der Waals surface area (Å²) in [6, 6.07) is 0. The van der Waals surface area contributed by atoms with Crippen LogP contribution in [0.2, 0.25) is 0 Å². The summed E-state index contributed by atoms with van der Waals surface area (Å²) in [7, 11) is 0. The van der Waals surface area contributed by atoms with Crippen LogP contribution in [0.1, 0.15) is 46.0 Å². The van der Waals surface area contributed by atoms with Crippen LogP contribution in [0, 0.1) is 0 Å². The van der Waals surface area contributed by atoms with Crippen LogP contribution >= 0.6 is 0 Å². The largest absolute Gasteiger partial charge is 0.478 e. The zero-order chi connectivity index (χ0) is 13.8. The van der Waals surface area contributed by atoms with E-state index >= 15 is 0 Å². The average molecular weight is 250 g/mol. The van der Waals surface area contributed by atoms with Crippen molar-refractivity contribution in [2.24, 2.45) is 0 Å². The van der Waals surface area contributed by atoms with E-state index in [-0.39, 0.29) is 0 Å². The molecule has 0 spiro atoms. The molecule has 0 aliphatic heterocycles. The molecule has 0 saturated heterocycles. The maximum atomic E-state index is 10.6. The first kappa shape index (κ1) is 14.7. The maximum absolute atomic E-state index is 10.6. The third-order valence-corrected chi connectivity index (χ3v) is 3.61. The second-order valence-electron chi connectivity index (χ2n) is 5.12. The SMILES string of the molecule is C=C(CCC=C(C)C(=O)O)C1(O)CC=C(C)CC1. The second kappa shape index (κ2) is 6.01. The van der Waals surface area contributed by atoms with Gasteiger partial charge >= 0.3 is 5.97 Å². The van der Waals surface area contributed by atoms with Crippen LogP contribution in [-0.2, 0) is 4.79 Å². The number of rotatable bonds is 5. The van der Waals surface area contributed by atoms with Gasteiger partial charge < -0.3 is 10.2 Å². The van der Waals surface area contributed by atoms with E-state index in [1.54, 1.807) is 13.0 Å². The van der Waals surface area contributed by atoms with Crippen molar-refractivity contribution in [2.45, 2.75) is 51.6 Å². The third kappa shape index (κ3) is 3.84. The molecule has 3 heteroatoms. The van der Waals surface area contributed by atoms with Gasteiger partial charge in [-0.1, -0.05) is 24.3 Å². The number of hydrogen-bond donors (Lipinski definition) is 2. The van der Waals surface area contributed by atoms with Crippen LogP contribution < -0.4 is 0 Å². The number of aliphatic hydroxyl groups is 1. The number of hydrogen-bond acceptors (Lipinski definition) is 2. The number of carboxylic acids is 1. The van der Waals surface area contributed by atoms with E-state index in [0.29, 0.717) is 24.8 Å². The molecule has 0 aromatic heterocycles. The Hall–Kier alpha value is -1.35. The molecule has 3 nitrogen and oxygen atoms in total. The monoisotopic (exact) mass is 250 g/mol. The first-order valence-corrected chi connectivity index (χ1v) is 6.31. The van der Waals surface area contributed by atoms with Gasteiger partial charge in [0.1, 0.15) is 0 Å². The molecule has 1 unspecified atom stereocenters. The number of allylic oxidation sites excluding steroid dienone is 2. The van der Waals surface area contributed by atoms with Crippen molar-refractivity contribution in [1.29, 1.82) is 0 Å². The molecule has 0 bridgehead atoms. The average Bonchev–Trinajstić information content (AvgIpc) is 2.32. The van der Waals surface area contributed by atoms with Crippen molar-refractivity contribution in [2.75, 3.05) is 0 Å². The Morgan fingerprint density at radius 2 is 2.28 bits per heavy atom. The van der Waals surface area contributed by atoms with Crippen molar-refractivity contribution in [1.82, 2.24) is 0 Å². The van der Waals surface area contributed by atoms with Crippen LogP contribution in [0.15, 0.2) is 35.5 Å². The highest BCUT2D eigenvalue weighted by atomic mass is 16.4. The molecule has 0 heterocycles. The molecule has 0 aromatic rings. The van der Waals surface area contributed by atoms with Gasteiger partial charge in [-0.15, -0.1) is 0 Å². The molecule has 0 saturated carbocycles. The van der Waals surface area contributed by atoms with Gasteiger partial charge in [-0.05, 0) is 51.5 Å². The molecular weight excluding hydrogens is 228 g/mol. The molecule has 0 radical (unpaired) electrons. The van der Waals surface area contributed by atoms with E-state index in [4.69, 9.17) is 5.11 Å². The zero-order valence-corrected chi connectivity index (χ0v) is 11.2. The summed E-state index contributed by atoms with van der Waals surface area (Å²) < 4.78 is 0. The van der Waals surface area contributed by atoms with Gasteiger partial charge in [0.25, 0.3) is 0 Å². The van der Waals surface area contributed by atoms with Gasteiger partial charge in [0, 0.05) is 5.57 Å². The normalized spacial score (nSPS) is 24.6. The summed E-state index contributed by atoms with van der Waals surface area (Å²) in [6.07, 6.45) is 7.23. The molecule has 18 heavy (non-hydrogen) atoms. The Bertz CT molecular complexity index is 404. The van der Waals surface area contributed by atoms with Crippen LogP contribution in [0.25, 0.3) is 0 Å². The standard InChI is InChI=1S/C15H22O3/c1-11-7-9-15(18,10-8-11)13(3)6-4-5-12(2)14(16)17/h5,7,18H,3-4,6,8-10H2,1-2H3,(H,16,17). The molecule has 1 aliphatic carbocycles. The van der Waals surface area contributed by atoms with Gasteiger partial charge in [-0.3, -0.25) is 0 Å².